The summed E-state index contributed by atoms with van der Waals surface area (Å²) >= 11 is 0. The van der Waals surface area contributed by atoms with Gasteiger partial charge in [-0.25, -0.2) is 0 Å². The van der Waals surface area contributed by atoms with Gasteiger partial charge in [-0.15, -0.1) is 0 Å². The fourth-order valence-electron chi connectivity index (χ4n) is 1.89. The molecule has 2 rings (SSSR count). The highest BCUT2D eigenvalue weighted by molar-refractivity contribution is 5.85. The number of hydrogen-bond acceptors (Lipinski definition) is 1. The Hall–Kier alpha value is -1.50. The zero-order chi connectivity index (χ0) is 11.0. The zero-order valence-electron chi connectivity index (χ0n) is 9.41. The van der Waals surface area contributed by atoms with Crippen LogP contribution in [0.25, 0.3) is 10.8 Å². The van der Waals surface area contributed by atoms with Gasteiger partial charge < -0.3 is 5.11 Å². The molecule has 15 heavy (non-hydrogen) atoms. The van der Waals surface area contributed by atoms with Crippen molar-refractivity contribution < 1.29 is 5.11 Å². The van der Waals surface area contributed by atoms with Crippen LogP contribution in [0.2, 0.25) is 0 Å². The van der Waals surface area contributed by atoms with Gasteiger partial charge in [0.15, 0.2) is 0 Å². The second kappa shape index (κ2) is 3.58. The minimum atomic E-state index is 0.356. The van der Waals surface area contributed by atoms with E-state index in [-0.39, 0.29) is 0 Å². The predicted octanol–water partition coefficient (Wildman–Crippen LogP) is 3.98. The number of phenols is 1. The van der Waals surface area contributed by atoms with Crippen molar-refractivity contribution in [2.75, 3.05) is 0 Å². The van der Waals surface area contributed by atoms with Gasteiger partial charge >= 0.3 is 0 Å². The number of hydrogen-bond donors (Lipinski definition) is 1. The molecule has 0 amide bonds. The molecule has 2 aromatic carbocycles. The Balaban J connectivity index is 2.72. The third kappa shape index (κ3) is 1.82. The van der Waals surface area contributed by atoms with Crippen LogP contribution in [-0.4, -0.2) is 5.11 Å². The molecule has 1 heteroatoms. The van der Waals surface area contributed by atoms with Crippen LogP contribution in [0.15, 0.2) is 30.3 Å². The standard InChI is InChI=1S/C14H16O/c1-9(2)13-7-12-6-10(3)4-5-11(12)8-14(13)15/h4-9,15H,1-3H3. The fraction of sp³-hybridized carbons (Fsp3) is 0.286. The fourth-order valence-corrected chi connectivity index (χ4v) is 1.89. The summed E-state index contributed by atoms with van der Waals surface area (Å²) in [5.74, 6) is 0.760. The molecule has 0 aliphatic rings. The molecule has 0 aliphatic carbocycles. The molecule has 2 aromatic rings. The second-order valence-electron chi connectivity index (χ2n) is 4.42. The first-order valence-corrected chi connectivity index (χ1v) is 5.31. The Morgan fingerprint density at radius 2 is 1.73 bits per heavy atom. The summed E-state index contributed by atoms with van der Waals surface area (Å²) in [6.07, 6.45) is 0. The van der Waals surface area contributed by atoms with Crippen LogP contribution in [0.3, 0.4) is 0 Å². The lowest BCUT2D eigenvalue weighted by atomic mass is 9.97. The molecule has 0 aliphatic heterocycles. The molecule has 0 saturated heterocycles. The van der Waals surface area contributed by atoms with Crippen LogP contribution in [-0.2, 0) is 0 Å². The highest BCUT2D eigenvalue weighted by Crippen LogP contribution is 2.30. The topological polar surface area (TPSA) is 20.2 Å². The van der Waals surface area contributed by atoms with Gasteiger partial charge in [-0.05, 0) is 41.3 Å². The lowest BCUT2D eigenvalue weighted by Gasteiger charge is -2.10. The maximum Gasteiger partial charge on any atom is 0.119 e. The molecule has 0 heterocycles. The molecule has 0 spiro atoms. The quantitative estimate of drug-likeness (QED) is 0.738. The van der Waals surface area contributed by atoms with Gasteiger partial charge in [0.2, 0.25) is 0 Å². The van der Waals surface area contributed by atoms with E-state index in [1.807, 2.05) is 6.07 Å². The lowest BCUT2D eigenvalue weighted by Crippen LogP contribution is -1.88. The molecule has 0 radical (unpaired) electrons. The third-order valence-electron chi connectivity index (χ3n) is 2.76. The minimum Gasteiger partial charge on any atom is -0.508 e. The van der Waals surface area contributed by atoms with Gasteiger partial charge in [-0.3, -0.25) is 0 Å². The van der Waals surface area contributed by atoms with Crippen molar-refractivity contribution in [2.45, 2.75) is 26.7 Å². The molecule has 0 fully saturated rings. The Kier molecular flexibility index (Phi) is 2.39. The summed E-state index contributed by atoms with van der Waals surface area (Å²) in [5.41, 5.74) is 2.27. The van der Waals surface area contributed by atoms with E-state index in [9.17, 15) is 5.11 Å². The first-order chi connectivity index (χ1) is 7.08. The van der Waals surface area contributed by atoms with Crippen molar-refractivity contribution in [3.8, 4) is 5.75 Å². The van der Waals surface area contributed by atoms with E-state index in [4.69, 9.17) is 0 Å². The summed E-state index contributed by atoms with van der Waals surface area (Å²) in [5, 5.41) is 12.2. The number of fused-ring (bicyclic) bond motifs is 1. The highest BCUT2D eigenvalue weighted by atomic mass is 16.3. The van der Waals surface area contributed by atoms with Gasteiger partial charge in [0.05, 0.1) is 0 Å². The maximum absolute atomic E-state index is 9.85. The van der Waals surface area contributed by atoms with Crippen LogP contribution in [0, 0.1) is 6.92 Å². The molecule has 0 atom stereocenters. The molecule has 0 aromatic heterocycles. The van der Waals surface area contributed by atoms with Gasteiger partial charge in [0.25, 0.3) is 0 Å². The van der Waals surface area contributed by atoms with Gasteiger partial charge in [0, 0.05) is 0 Å². The number of benzene rings is 2. The number of rotatable bonds is 1. The summed E-state index contributed by atoms with van der Waals surface area (Å²) in [6.45, 7) is 6.27. The number of aromatic hydroxyl groups is 1. The summed E-state index contributed by atoms with van der Waals surface area (Å²) in [7, 11) is 0. The first-order valence-electron chi connectivity index (χ1n) is 5.31. The van der Waals surface area contributed by atoms with E-state index in [0.29, 0.717) is 11.7 Å². The number of aryl methyl sites for hydroxylation is 1. The predicted molar refractivity (Wildman–Crippen MR) is 64.4 cm³/mol. The van der Waals surface area contributed by atoms with Crippen LogP contribution in [0.4, 0.5) is 0 Å². The average molecular weight is 200 g/mol. The van der Waals surface area contributed by atoms with Crippen LogP contribution in [0.5, 0.6) is 5.75 Å². The molecular weight excluding hydrogens is 184 g/mol. The molecule has 0 saturated carbocycles. The SMILES string of the molecule is Cc1ccc2cc(O)c(C(C)C)cc2c1. The largest absolute Gasteiger partial charge is 0.508 e. The van der Waals surface area contributed by atoms with Gasteiger partial charge in [0.1, 0.15) is 5.75 Å². The highest BCUT2D eigenvalue weighted by Gasteiger charge is 2.07. The average Bonchev–Trinajstić information content (AvgIpc) is 2.17. The van der Waals surface area contributed by atoms with Gasteiger partial charge in [-0.2, -0.15) is 0 Å². The van der Waals surface area contributed by atoms with E-state index >= 15 is 0 Å². The van der Waals surface area contributed by atoms with E-state index in [1.165, 1.54) is 10.9 Å². The molecule has 0 unspecified atom stereocenters. The van der Waals surface area contributed by atoms with Crippen molar-refractivity contribution >= 4 is 10.8 Å². The summed E-state index contributed by atoms with van der Waals surface area (Å²) < 4.78 is 0. The Labute approximate surface area is 90.4 Å². The van der Waals surface area contributed by atoms with Crippen LogP contribution < -0.4 is 0 Å². The minimum absolute atomic E-state index is 0.356. The number of phenolic OH excluding ortho intramolecular Hbond substituents is 1. The zero-order valence-corrected chi connectivity index (χ0v) is 9.41. The normalized spacial score (nSPS) is 11.2. The van der Waals surface area contributed by atoms with Crippen LogP contribution >= 0.6 is 0 Å². The van der Waals surface area contributed by atoms with Crippen molar-refractivity contribution in [1.29, 1.82) is 0 Å². The maximum atomic E-state index is 9.85. The van der Waals surface area contributed by atoms with Crippen molar-refractivity contribution in [2.24, 2.45) is 0 Å². The monoisotopic (exact) mass is 200 g/mol. The van der Waals surface area contributed by atoms with Crippen molar-refractivity contribution in [3.63, 3.8) is 0 Å². The van der Waals surface area contributed by atoms with E-state index in [2.05, 4.69) is 45.0 Å². The molecule has 1 nitrogen and oxygen atoms in total. The third-order valence-corrected chi connectivity index (χ3v) is 2.76. The van der Waals surface area contributed by atoms with Crippen LogP contribution in [0.1, 0.15) is 30.9 Å². The molecule has 1 N–H and O–H groups in total. The van der Waals surface area contributed by atoms with E-state index < -0.39 is 0 Å². The van der Waals surface area contributed by atoms with Crippen molar-refractivity contribution in [3.05, 3.63) is 41.5 Å². The Morgan fingerprint density at radius 3 is 2.40 bits per heavy atom. The van der Waals surface area contributed by atoms with E-state index in [0.717, 1.165) is 10.9 Å². The first kappa shape index (κ1) is 10.0. The lowest BCUT2D eigenvalue weighted by molar-refractivity contribution is 0.466. The molecular formula is C14H16O. The summed E-state index contributed by atoms with van der Waals surface area (Å²) in [6, 6.07) is 10.2. The molecule has 0 bridgehead atoms. The van der Waals surface area contributed by atoms with E-state index in [1.54, 1.807) is 0 Å². The molecule has 78 valence electrons. The second-order valence-corrected chi connectivity index (χ2v) is 4.42. The van der Waals surface area contributed by atoms with Gasteiger partial charge in [-0.1, -0.05) is 37.6 Å². The van der Waals surface area contributed by atoms with Crippen molar-refractivity contribution in [1.82, 2.24) is 0 Å². The Morgan fingerprint density at radius 1 is 1.00 bits per heavy atom. The Bertz CT molecular complexity index is 498. The smallest absolute Gasteiger partial charge is 0.119 e. The summed E-state index contributed by atoms with van der Waals surface area (Å²) in [4.78, 5) is 0.